The van der Waals surface area contributed by atoms with Crippen molar-refractivity contribution >= 4 is 22.5 Å². The van der Waals surface area contributed by atoms with E-state index in [1.165, 1.54) is 10.8 Å². The second kappa shape index (κ2) is 4.44. The van der Waals surface area contributed by atoms with E-state index in [4.69, 9.17) is 0 Å². The molecule has 0 fully saturated rings. The summed E-state index contributed by atoms with van der Waals surface area (Å²) in [5.74, 6) is 1.03. The van der Waals surface area contributed by atoms with Crippen LogP contribution < -0.4 is 5.73 Å². The van der Waals surface area contributed by atoms with Crippen molar-refractivity contribution in [2.24, 2.45) is 0 Å². The van der Waals surface area contributed by atoms with Crippen molar-refractivity contribution in [3.8, 4) is 0 Å². The summed E-state index contributed by atoms with van der Waals surface area (Å²) in [5.41, 5.74) is 3.83. The van der Waals surface area contributed by atoms with E-state index >= 15 is 0 Å². The maximum absolute atomic E-state index is 4.38. The van der Waals surface area contributed by atoms with Crippen molar-refractivity contribution in [1.29, 1.82) is 0 Å². The molecule has 0 aliphatic rings. The predicted molar refractivity (Wildman–Crippen MR) is 60.2 cm³/mol. The van der Waals surface area contributed by atoms with Crippen LogP contribution in [0.5, 0.6) is 0 Å². The average Bonchev–Trinajstić information content (AvgIpc) is 2.26. The number of benzene rings is 1. The van der Waals surface area contributed by atoms with Gasteiger partial charge < -0.3 is 5.73 Å². The van der Waals surface area contributed by atoms with Crippen molar-refractivity contribution in [3.05, 3.63) is 36.5 Å². The normalized spacial score (nSPS) is 10.6. The summed E-state index contributed by atoms with van der Waals surface area (Å²) in [6.07, 6.45) is 1.87. The quantitative estimate of drug-likeness (QED) is 0.773. The lowest BCUT2D eigenvalue weighted by molar-refractivity contribution is -0.360. The summed E-state index contributed by atoms with van der Waals surface area (Å²) < 4.78 is 0. The maximum atomic E-state index is 4.38. The van der Waals surface area contributed by atoms with Crippen LogP contribution in [-0.2, 0) is 0 Å². The largest absolute Gasteiger partial charge is 0.357 e. The van der Waals surface area contributed by atoms with Gasteiger partial charge in [-0.15, -0.1) is 0 Å². The molecule has 72 valence electrons. The van der Waals surface area contributed by atoms with Gasteiger partial charge in [0, 0.05) is 17.3 Å². The maximum Gasteiger partial charge on any atom is 0.104 e. The number of pyridine rings is 1. The van der Waals surface area contributed by atoms with Crippen LogP contribution in [0.4, 0.5) is 0 Å². The first-order valence-corrected chi connectivity index (χ1v) is 5.66. The molecular weight excluding hydrogens is 192 g/mol. The van der Waals surface area contributed by atoms with E-state index in [1.807, 2.05) is 12.3 Å². The highest BCUT2D eigenvalue weighted by atomic mass is 32.2. The number of rotatable bonds is 3. The van der Waals surface area contributed by atoms with E-state index in [9.17, 15) is 0 Å². The number of hydrogen-bond donors (Lipinski definition) is 1. The molecule has 3 heteroatoms. The topological polar surface area (TPSA) is 40.5 Å². The minimum atomic E-state index is 0.940. The van der Waals surface area contributed by atoms with Gasteiger partial charge in [0.05, 0.1) is 6.54 Å². The standard InChI is InChI=1S/C11H12N2S/c12-6-8-14-11-10-4-2-1-3-9(10)5-7-13-11/h1-5,7H,6,8,12H2/p+1. The van der Waals surface area contributed by atoms with Crippen LogP contribution in [0, 0.1) is 0 Å². The highest BCUT2D eigenvalue weighted by molar-refractivity contribution is 7.99. The first-order valence-electron chi connectivity index (χ1n) is 4.67. The van der Waals surface area contributed by atoms with Crippen molar-refractivity contribution in [2.75, 3.05) is 12.3 Å². The Morgan fingerprint density at radius 3 is 2.93 bits per heavy atom. The van der Waals surface area contributed by atoms with E-state index in [-0.39, 0.29) is 0 Å². The third kappa shape index (κ3) is 1.89. The Morgan fingerprint density at radius 1 is 1.21 bits per heavy atom. The van der Waals surface area contributed by atoms with Crippen LogP contribution in [0.3, 0.4) is 0 Å². The molecule has 1 aromatic heterocycles. The lowest BCUT2D eigenvalue weighted by Gasteiger charge is -2.02. The molecular formula is C11H13N2S+. The van der Waals surface area contributed by atoms with E-state index in [2.05, 4.69) is 35.0 Å². The molecule has 2 nitrogen and oxygen atoms in total. The number of fused-ring (bicyclic) bond motifs is 1. The Labute approximate surface area is 87.5 Å². The van der Waals surface area contributed by atoms with Crippen LogP contribution >= 0.6 is 11.8 Å². The third-order valence-electron chi connectivity index (χ3n) is 2.02. The Bertz CT molecular complexity index is 423. The second-order valence-corrected chi connectivity index (χ2v) is 4.12. The highest BCUT2D eigenvalue weighted by Crippen LogP contribution is 2.24. The smallest absolute Gasteiger partial charge is 0.104 e. The summed E-state index contributed by atoms with van der Waals surface area (Å²) in [5, 5.41) is 3.62. The highest BCUT2D eigenvalue weighted by Gasteiger charge is 2.01. The molecule has 2 rings (SSSR count). The van der Waals surface area contributed by atoms with Crippen LogP contribution in [0.2, 0.25) is 0 Å². The Kier molecular flexibility index (Phi) is 3.01. The second-order valence-electron chi connectivity index (χ2n) is 3.04. The number of quaternary nitrogens is 1. The van der Waals surface area contributed by atoms with Gasteiger partial charge >= 0.3 is 0 Å². The number of hydrogen-bond acceptors (Lipinski definition) is 2. The molecule has 2 aromatic rings. The molecule has 0 aliphatic heterocycles. The molecule has 3 N–H and O–H groups in total. The van der Waals surface area contributed by atoms with Gasteiger partial charge in [-0.2, -0.15) is 0 Å². The molecule has 0 saturated carbocycles. The van der Waals surface area contributed by atoms with Crippen molar-refractivity contribution < 1.29 is 5.73 Å². The molecule has 0 atom stereocenters. The number of thioether (sulfide) groups is 1. The first-order chi connectivity index (χ1) is 6.92. The Morgan fingerprint density at radius 2 is 2.07 bits per heavy atom. The predicted octanol–water partition coefficient (Wildman–Crippen LogP) is 1.57. The van der Waals surface area contributed by atoms with Gasteiger partial charge in [-0.1, -0.05) is 36.0 Å². The molecule has 14 heavy (non-hydrogen) atoms. The van der Waals surface area contributed by atoms with Gasteiger partial charge in [0.1, 0.15) is 5.03 Å². The van der Waals surface area contributed by atoms with Gasteiger partial charge in [0.2, 0.25) is 0 Å². The van der Waals surface area contributed by atoms with E-state index in [0.717, 1.165) is 17.3 Å². The Balaban J connectivity index is 2.43. The summed E-state index contributed by atoms with van der Waals surface area (Å²) >= 11 is 1.78. The zero-order valence-electron chi connectivity index (χ0n) is 7.94. The Hall–Kier alpha value is -1.06. The lowest BCUT2D eigenvalue weighted by Crippen LogP contribution is -2.51. The van der Waals surface area contributed by atoms with Gasteiger partial charge in [-0.05, 0) is 11.5 Å². The zero-order chi connectivity index (χ0) is 9.80. The summed E-state index contributed by atoms with van der Waals surface area (Å²) in [4.78, 5) is 4.38. The summed E-state index contributed by atoms with van der Waals surface area (Å²) in [6.45, 7) is 0.940. The fraction of sp³-hybridized carbons (Fsp3) is 0.182. The summed E-state index contributed by atoms with van der Waals surface area (Å²) in [7, 11) is 0. The van der Waals surface area contributed by atoms with Crippen LogP contribution in [0.25, 0.3) is 10.8 Å². The number of nitrogens with zero attached hydrogens (tertiary/aromatic N) is 1. The van der Waals surface area contributed by atoms with Crippen molar-refractivity contribution in [3.63, 3.8) is 0 Å². The monoisotopic (exact) mass is 205 g/mol. The van der Waals surface area contributed by atoms with Crippen LogP contribution in [-0.4, -0.2) is 17.3 Å². The molecule has 0 amide bonds. The minimum Gasteiger partial charge on any atom is -0.357 e. The SMILES string of the molecule is [NH3+]CCSc1nccc2ccccc12. The van der Waals surface area contributed by atoms with Crippen LogP contribution in [0.1, 0.15) is 0 Å². The van der Waals surface area contributed by atoms with Crippen molar-refractivity contribution in [1.82, 2.24) is 4.98 Å². The first kappa shape index (κ1) is 9.49. The van der Waals surface area contributed by atoms with Crippen LogP contribution in [0.15, 0.2) is 41.6 Å². The number of aromatic nitrogens is 1. The molecule has 1 heterocycles. The molecule has 0 spiro atoms. The summed E-state index contributed by atoms with van der Waals surface area (Å²) in [6, 6.07) is 10.4. The fourth-order valence-electron chi connectivity index (χ4n) is 1.38. The molecule has 0 aliphatic carbocycles. The lowest BCUT2D eigenvalue weighted by atomic mass is 10.2. The molecule has 0 saturated heterocycles. The zero-order valence-corrected chi connectivity index (χ0v) is 8.76. The van der Waals surface area contributed by atoms with Gasteiger partial charge in [0.15, 0.2) is 0 Å². The van der Waals surface area contributed by atoms with Gasteiger partial charge in [-0.3, -0.25) is 0 Å². The van der Waals surface area contributed by atoms with E-state index in [1.54, 1.807) is 11.8 Å². The molecule has 0 unspecified atom stereocenters. The van der Waals surface area contributed by atoms with Gasteiger partial charge in [0.25, 0.3) is 0 Å². The minimum absolute atomic E-state index is 0.940. The molecule has 0 radical (unpaired) electrons. The van der Waals surface area contributed by atoms with E-state index < -0.39 is 0 Å². The third-order valence-corrected chi connectivity index (χ3v) is 3.11. The molecule has 0 bridgehead atoms. The average molecular weight is 205 g/mol. The van der Waals surface area contributed by atoms with Gasteiger partial charge in [-0.25, -0.2) is 4.98 Å². The van der Waals surface area contributed by atoms with Crippen molar-refractivity contribution in [2.45, 2.75) is 5.03 Å². The fourth-order valence-corrected chi connectivity index (χ4v) is 2.19. The van der Waals surface area contributed by atoms with E-state index in [0.29, 0.717) is 0 Å². The molecule has 1 aromatic carbocycles.